The molecule has 0 aliphatic heterocycles. The van der Waals surface area contributed by atoms with Crippen LogP contribution in [-0.4, -0.2) is 25.1 Å². The predicted molar refractivity (Wildman–Crippen MR) is 98.8 cm³/mol. The van der Waals surface area contributed by atoms with Crippen molar-refractivity contribution >= 4 is 22.2 Å². The van der Waals surface area contributed by atoms with Gasteiger partial charge in [-0.2, -0.15) is 5.10 Å². The number of carbonyl (C=O) groups excluding carboxylic acids is 1. The standard InChI is InChI=1S/C18H14FN5O2S/c1-11-8-15(25)16(22-24(11)14-5-3-2-4-13(14)19)17(26)20-9-12-10-23-6-7-27-18(23)21-12/h2-8,10H,9H2,1H3,(H,20,26). The average molecular weight is 383 g/mol. The molecule has 0 fully saturated rings. The van der Waals surface area contributed by atoms with E-state index in [4.69, 9.17) is 0 Å². The second kappa shape index (κ2) is 6.76. The zero-order chi connectivity index (χ0) is 19.0. The Kier molecular flexibility index (Phi) is 4.28. The lowest BCUT2D eigenvalue weighted by Gasteiger charge is -2.11. The number of carbonyl (C=O) groups is 1. The number of rotatable bonds is 4. The molecule has 3 aromatic heterocycles. The van der Waals surface area contributed by atoms with Gasteiger partial charge in [-0.15, -0.1) is 11.3 Å². The number of halogens is 1. The minimum Gasteiger partial charge on any atom is -0.345 e. The quantitative estimate of drug-likeness (QED) is 0.586. The third-order valence-corrected chi connectivity index (χ3v) is 4.75. The van der Waals surface area contributed by atoms with Crippen molar-refractivity contribution in [3.63, 3.8) is 0 Å². The minimum absolute atomic E-state index is 0.155. The monoisotopic (exact) mass is 383 g/mol. The number of fused-ring (bicyclic) bond motifs is 1. The SMILES string of the molecule is Cc1cc(=O)c(C(=O)NCc2cn3ccsc3n2)nn1-c1ccccc1F. The summed E-state index contributed by atoms with van der Waals surface area (Å²) >= 11 is 1.48. The van der Waals surface area contributed by atoms with Gasteiger partial charge in [0.2, 0.25) is 5.43 Å². The first-order valence-corrected chi connectivity index (χ1v) is 8.96. The molecule has 0 aliphatic rings. The fraction of sp³-hybridized carbons (Fsp3) is 0.111. The van der Waals surface area contributed by atoms with E-state index in [0.717, 1.165) is 4.96 Å². The summed E-state index contributed by atoms with van der Waals surface area (Å²) in [6.07, 6.45) is 3.67. The molecule has 9 heteroatoms. The first-order valence-electron chi connectivity index (χ1n) is 8.08. The molecule has 0 saturated heterocycles. The van der Waals surface area contributed by atoms with Gasteiger partial charge in [-0.25, -0.2) is 14.1 Å². The Morgan fingerprint density at radius 3 is 2.93 bits per heavy atom. The fourth-order valence-corrected chi connectivity index (χ4v) is 3.41. The molecule has 0 bridgehead atoms. The van der Waals surface area contributed by atoms with Crippen molar-refractivity contribution in [2.45, 2.75) is 13.5 Å². The van der Waals surface area contributed by atoms with E-state index in [1.54, 1.807) is 25.3 Å². The number of aryl methyl sites for hydroxylation is 1. The molecule has 0 aliphatic carbocycles. The number of amides is 1. The Morgan fingerprint density at radius 2 is 2.15 bits per heavy atom. The van der Waals surface area contributed by atoms with Crippen LogP contribution in [0.3, 0.4) is 0 Å². The van der Waals surface area contributed by atoms with Gasteiger partial charge in [-0.3, -0.25) is 14.0 Å². The van der Waals surface area contributed by atoms with Crippen molar-refractivity contribution in [2.75, 3.05) is 0 Å². The molecule has 0 unspecified atom stereocenters. The Bertz CT molecular complexity index is 1180. The van der Waals surface area contributed by atoms with E-state index in [1.807, 2.05) is 16.0 Å². The number of nitrogens with zero attached hydrogens (tertiary/aromatic N) is 4. The molecule has 1 aromatic carbocycles. The largest absolute Gasteiger partial charge is 0.345 e. The highest BCUT2D eigenvalue weighted by Crippen LogP contribution is 2.13. The molecule has 3 heterocycles. The average Bonchev–Trinajstić information content (AvgIpc) is 3.22. The van der Waals surface area contributed by atoms with Crippen LogP contribution in [0.4, 0.5) is 4.39 Å². The Balaban J connectivity index is 1.61. The zero-order valence-electron chi connectivity index (χ0n) is 14.2. The molecule has 27 heavy (non-hydrogen) atoms. The molecular formula is C18H14FN5O2S. The zero-order valence-corrected chi connectivity index (χ0v) is 15.0. The minimum atomic E-state index is -0.638. The third kappa shape index (κ3) is 3.24. The third-order valence-electron chi connectivity index (χ3n) is 3.98. The van der Waals surface area contributed by atoms with Gasteiger partial charge in [0.15, 0.2) is 10.7 Å². The van der Waals surface area contributed by atoms with E-state index in [0.29, 0.717) is 11.4 Å². The number of para-hydroxylation sites is 1. The van der Waals surface area contributed by atoms with Crippen LogP contribution in [0.25, 0.3) is 10.6 Å². The summed E-state index contributed by atoms with van der Waals surface area (Å²) in [7, 11) is 0. The highest BCUT2D eigenvalue weighted by molar-refractivity contribution is 7.15. The Hall–Kier alpha value is -3.33. The molecule has 7 nitrogen and oxygen atoms in total. The van der Waals surface area contributed by atoms with E-state index in [2.05, 4.69) is 15.4 Å². The van der Waals surface area contributed by atoms with Crippen LogP contribution in [0.2, 0.25) is 0 Å². The second-order valence-corrected chi connectivity index (χ2v) is 6.74. The van der Waals surface area contributed by atoms with Crippen molar-refractivity contribution in [1.82, 2.24) is 24.5 Å². The second-order valence-electron chi connectivity index (χ2n) is 5.87. The summed E-state index contributed by atoms with van der Waals surface area (Å²) in [6, 6.07) is 7.29. The van der Waals surface area contributed by atoms with E-state index in [9.17, 15) is 14.0 Å². The van der Waals surface area contributed by atoms with Gasteiger partial charge in [0, 0.05) is 29.5 Å². The van der Waals surface area contributed by atoms with Crippen LogP contribution in [0.1, 0.15) is 21.9 Å². The lowest BCUT2D eigenvalue weighted by molar-refractivity contribution is 0.0942. The molecule has 0 spiro atoms. The van der Waals surface area contributed by atoms with E-state index in [-0.39, 0.29) is 17.9 Å². The van der Waals surface area contributed by atoms with Crippen molar-refractivity contribution < 1.29 is 9.18 Å². The number of imidazole rings is 1. The Labute approximate surface area is 156 Å². The number of hydrogen-bond acceptors (Lipinski definition) is 5. The summed E-state index contributed by atoms with van der Waals surface area (Å²) in [5.41, 5.74) is 0.430. The van der Waals surface area contributed by atoms with Crippen molar-refractivity contribution in [2.24, 2.45) is 0 Å². The molecule has 4 rings (SSSR count). The van der Waals surface area contributed by atoms with Gasteiger partial charge in [-0.1, -0.05) is 12.1 Å². The summed E-state index contributed by atoms with van der Waals surface area (Å²) in [4.78, 5) is 29.9. The highest BCUT2D eigenvalue weighted by Gasteiger charge is 2.17. The van der Waals surface area contributed by atoms with Crippen LogP contribution in [0.5, 0.6) is 0 Å². The van der Waals surface area contributed by atoms with Crippen molar-refractivity contribution in [1.29, 1.82) is 0 Å². The summed E-state index contributed by atoms with van der Waals surface area (Å²) in [5.74, 6) is -1.14. The lowest BCUT2D eigenvalue weighted by Crippen LogP contribution is -2.31. The summed E-state index contributed by atoms with van der Waals surface area (Å²) in [6.45, 7) is 1.78. The topological polar surface area (TPSA) is 81.3 Å². The molecule has 0 radical (unpaired) electrons. The molecule has 1 N–H and O–H groups in total. The normalized spacial score (nSPS) is 11.0. The summed E-state index contributed by atoms with van der Waals surface area (Å²) < 4.78 is 17.2. The maximum atomic E-state index is 14.1. The maximum Gasteiger partial charge on any atom is 0.276 e. The lowest BCUT2D eigenvalue weighted by atomic mass is 10.2. The molecular weight excluding hydrogens is 369 g/mol. The number of aromatic nitrogens is 4. The van der Waals surface area contributed by atoms with Gasteiger partial charge in [0.1, 0.15) is 11.5 Å². The predicted octanol–water partition coefficient (Wildman–Crippen LogP) is 2.32. The van der Waals surface area contributed by atoms with Crippen LogP contribution < -0.4 is 10.7 Å². The van der Waals surface area contributed by atoms with Crippen LogP contribution in [0, 0.1) is 12.7 Å². The van der Waals surface area contributed by atoms with E-state index in [1.165, 1.54) is 34.2 Å². The molecule has 136 valence electrons. The van der Waals surface area contributed by atoms with Crippen molar-refractivity contribution in [3.05, 3.63) is 81.2 Å². The van der Waals surface area contributed by atoms with Gasteiger partial charge in [0.05, 0.1) is 12.2 Å². The summed E-state index contributed by atoms with van der Waals surface area (Å²) in [5, 5.41) is 8.63. The molecule has 1 amide bonds. The van der Waals surface area contributed by atoms with E-state index >= 15 is 0 Å². The Morgan fingerprint density at radius 1 is 1.33 bits per heavy atom. The number of nitrogens with one attached hydrogen (secondary N) is 1. The fourth-order valence-electron chi connectivity index (χ4n) is 2.69. The van der Waals surface area contributed by atoms with Crippen LogP contribution in [0.15, 0.2) is 52.9 Å². The smallest absolute Gasteiger partial charge is 0.276 e. The number of benzene rings is 1. The highest BCUT2D eigenvalue weighted by atomic mass is 32.1. The number of hydrogen-bond donors (Lipinski definition) is 1. The van der Waals surface area contributed by atoms with Gasteiger partial charge >= 0.3 is 0 Å². The first kappa shape index (κ1) is 17.1. The van der Waals surface area contributed by atoms with E-state index < -0.39 is 17.2 Å². The first-order chi connectivity index (χ1) is 13.0. The molecule has 0 atom stereocenters. The number of thiazole rings is 1. The van der Waals surface area contributed by atoms with Crippen LogP contribution >= 0.6 is 11.3 Å². The van der Waals surface area contributed by atoms with Gasteiger partial charge < -0.3 is 5.32 Å². The molecule has 0 saturated carbocycles. The van der Waals surface area contributed by atoms with Gasteiger partial charge in [0.25, 0.3) is 5.91 Å². The molecule has 4 aromatic rings. The van der Waals surface area contributed by atoms with Gasteiger partial charge in [-0.05, 0) is 19.1 Å². The van der Waals surface area contributed by atoms with Crippen molar-refractivity contribution in [3.8, 4) is 5.69 Å². The van der Waals surface area contributed by atoms with Crippen LogP contribution in [-0.2, 0) is 6.54 Å². The maximum absolute atomic E-state index is 14.1.